The molecule has 0 saturated carbocycles. The van der Waals surface area contributed by atoms with Gasteiger partial charge in [-0.25, -0.2) is 8.42 Å². The van der Waals surface area contributed by atoms with E-state index in [2.05, 4.69) is 14.9 Å². The van der Waals surface area contributed by atoms with Gasteiger partial charge in [-0.1, -0.05) is 23.6 Å². The minimum Gasteiger partial charge on any atom is -0.358 e. The Hall–Kier alpha value is -1.54. The first-order chi connectivity index (χ1) is 8.95. The van der Waals surface area contributed by atoms with E-state index in [1.54, 1.807) is 21.0 Å². The molecular weight excluding hydrogens is 288 g/mol. The maximum atomic E-state index is 12.2. The summed E-state index contributed by atoms with van der Waals surface area (Å²) in [6.07, 6.45) is 1.52. The Bertz CT molecular complexity index is 702. The summed E-state index contributed by atoms with van der Waals surface area (Å²) in [6.45, 7) is 3.29. The number of halogens is 1. The topological polar surface area (TPSA) is 85.1 Å². The van der Waals surface area contributed by atoms with E-state index in [9.17, 15) is 8.42 Å². The van der Waals surface area contributed by atoms with Gasteiger partial charge in [0.05, 0.1) is 4.90 Å². The van der Waals surface area contributed by atoms with E-state index in [0.717, 1.165) is 0 Å². The van der Waals surface area contributed by atoms with Gasteiger partial charge in [0.25, 0.3) is 10.0 Å². The van der Waals surface area contributed by atoms with Crippen LogP contribution in [-0.2, 0) is 10.0 Å². The van der Waals surface area contributed by atoms with E-state index in [1.165, 1.54) is 18.3 Å². The van der Waals surface area contributed by atoms with Crippen LogP contribution in [0.4, 0.5) is 5.82 Å². The number of hydrogen-bond donors (Lipinski definition) is 1. The molecule has 0 saturated heterocycles. The molecule has 1 radical (unpaired) electrons. The number of aromatic nitrogens is 2. The van der Waals surface area contributed by atoms with Gasteiger partial charge in [-0.3, -0.25) is 9.71 Å². The first-order valence-electron chi connectivity index (χ1n) is 5.34. The highest BCUT2D eigenvalue weighted by atomic mass is 35.5. The van der Waals surface area contributed by atoms with Crippen LogP contribution >= 0.6 is 11.6 Å². The smallest absolute Gasteiger partial charge is 0.264 e. The molecule has 2 aromatic heterocycles. The van der Waals surface area contributed by atoms with E-state index in [0.29, 0.717) is 11.4 Å². The zero-order valence-corrected chi connectivity index (χ0v) is 11.8. The average Bonchev–Trinajstić information content (AvgIpc) is 2.70. The van der Waals surface area contributed by atoms with E-state index >= 15 is 0 Å². The molecule has 2 aromatic rings. The van der Waals surface area contributed by atoms with Crippen molar-refractivity contribution in [1.29, 1.82) is 0 Å². The summed E-state index contributed by atoms with van der Waals surface area (Å²) in [5.74, 6) is 0.304. The molecule has 19 heavy (non-hydrogen) atoms. The largest absolute Gasteiger partial charge is 0.358 e. The van der Waals surface area contributed by atoms with Crippen molar-refractivity contribution in [3.63, 3.8) is 0 Å². The summed E-state index contributed by atoms with van der Waals surface area (Å²) in [7, 11) is -2.21. The van der Waals surface area contributed by atoms with Crippen molar-refractivity contribution in [3.8, 4) is 0 Å². The minimum atomic E-state index is -3.82. The lowest BCUT2D eigenvalue weighted by Gasteiger charge is -2.08. The zero-order valence-electron chi connectivity index (χ0n) is 10.2. The Labute approximate surface area is 116 Å². The fourth-order valence-electron chi connectivity index (χ4n) is 1.45. The number of aryl methyl sites for hydroxylation is 1. The molecule has 6 nitrogen and oxygen atoms in total. The lowest BCUT2D eigenvalue weighted by atomic mass is 9.77. The molecule has 9 heteroatoms. The van der Waals surface area contributed by atoms with Gasteiger partial charge in [-0.2, -0.15) is 0 Å². The van der Waals surface area contributed by atoms with E-state index in [1.807, 2.05) is 0 Å². The predicted octanol–water partition coefficient (Wildman–Crippen LogP) is 1.21. The highest BCUT2D eigenvalue weighted by molar-refractivity contribution is 7.93. The number of pyridine rings is 1. The molecule has 0 aromatic carbocycles. The Balaban J connectivity index is 2.41. The second-order valence-corrected chi connectivity index (χ2v) is 5.71. The maximum Gasteiger partial charge on any atom is 0.264 e. The Morgan fingerprint density at radius 1 is 1.47 bits per heavy atom. The number of sulfonamides is 1. The molecule has 0 fully saturated rings. The summed E-state index contributed by atoms with van der Waals surface area (Å²) in [4.78, 5) is 4.03. The normalized spacial score (nSPS) is 11.3. The monoisotopic (exact) mass is 298 g/mol. The standard InChI is InChI=1S/C10H10BClN3O3S/c1-6-8(12)10(14-18-6)15-19(16,17)7-4-3-5-13-9(7)11-2/h3-5H,1-2H3,(H,14,15). The average molecular weight is 299 g/mol. The van der Waals surface area contributed by atoms with Crippen molar-refractivity contribution in [2.75, 3.05) is 4.72 Å². The Kier molecular flexibility index (Phi) is 3.82. The first-order valence-corrected chi connectivity index (χ1v) is 7.21. The van der Waals surface area contributed by atoms with E-state index in [4.69, 9.17) is 16.1 Å². The van der Waals surface area contributed by atoms with Crippen molar-refractivity contribution in [2.45, 2.75) is 18.6 Å². The van der Waals surface area contributed by atoms with Crippen LogP contribution in [0.2, 0.25) is 11.8 Å². The third kappa shape index (κ3) is 2.74. The molecule has 0 amide bonds. The van der Waals surface area contributed by atoms with Crippen molar-refractivity contribution in [2.24, 2.45) is 0 Å². The number of rotatable bonds is 4. The minimum absolute atomic E-state index is 0.0370. The second kappa shape index (κ2) is 5.22. The molecule has 0 aliphatic rings. The maximum absolute atomic E-state index is 12.2. The van der Waals surface area contributed by atoms with Crippen LogP contribution in [0.5, 0.6) is 0 Å². The summed E-state index contributed by atoms with van der Waals surface area (Å²) in [5, 5.41) is 3.69. The van der Waals surface area contributed by atoms with Crippen LogP contribution < -0.4 is 10.3 Å². The molecule has 0 spiro atoms. The molecule has 0 aliphatic heterocycles. The number of nitrogens with zero attached hydrogens (tertiary/aromatic N) is 2. The molecule has 1 N–H and O–H groups in total. The van der Waals surface area contributed by atoms with Gasteiger partial charge >= 0.3 is 0 Å². The molecule has 0 aliphatic carbocycles. The van der Waals surface area contributed by atoms with E-state index in [-0.39, 0.29) is 15.7 Å². The van der Waals surface area contributed by atoms with Gasteiger partial charge in [0, 0.05) is 11.8 Å². The van der Waals surface area contributed by atoms with Crippen molar-refractivity contribution in [3.05, 3.63) is 29.1 Å². The first kappa shape index (κ1) is 13.9. The van der Waals surface area contributed by atoms with Gasteiger partial charge in [-0.05, 0) is 19.1 Å². The van der Waals surface area contributed by atoms with Crippen molar-refractivity contribution >= 4 is 40.3 Å². The fraction of sp³-hybridized carbons (Fsp3) is 0.200. The van der Waals surface area contributed by atoms with Crippen molar-refractivity contribution < 1.29 is 12.9 Å². The molecule has 2 rings (SSSR count). The number of hydrogen-bond acceptors (Lipinski definition) is 5. The summed E-state index contributed by atoms with van der Waals surface area (Å²) in [6, 6.07) is 2.99. The Morgan fingerprint density at radius 2 is 2.21 bits per heavy atom. The van der Waals surface area contributed by atoms with Crippen LogP contribution in [0.25, 0.3) is 0 Å². The summed E-state index contributed by atoms with van der Waals surface area (Å²) in [5.41, 5.74) is 0.353. The van der Waals surface area contributed by atoms with Gasteiger partial charge < -0.3 is 4.52 Å². The molecule has 99 valence electrons. The van der Waals surface area contributed by atoms with Crippen LogP contribution in [0.3, 0.4) is 0 Å². The molecule has 0 bridgehead atoms. The van der Waals surface area contributed by atoms with Gasteiger partial charge in [-0.15, -0.1) is 0 Å². The van der Waals surface area contributed by atoms with Crippen LogP contribution in [-0.4, -0.2) is 25.8 Å². The lowest BCUT2D eigenvalue weighted by Crippen LogP contribution is -2.27. The van der Waals surface area contributed by atoms with Crippen molar-refractivity contribution in [1.82, 2.24) is 10.1 Å². The zero-order chi connectivity index (χ0) is 14.0. The van der Waals surface area contributed by atoms with Crippen LogP contribution in [0.15, 0.2) is 27.7 Å². The van der Waals surface area contributed by atoms with Crippen LogP contribution in [0, 0.1) is 6.92 Å². The molecule has 2 heterocycles. The second-order valence-electron chi connectivity index (χ2n) is 3.68. The lowest BCUT2D eigenvalue weighted by molar-refractivity contribution is 0.400. The summed E-state index contributed by atoms with van der Waals surface area (Å²) < 4.78 is 31.5. The fourth-order valence-corrected chi connectivity index (χ4v) is 2.83. The highest BCUT2D eigenvalue weighted by Gasteiger charge is 2.22. The van der Waals surface area contributed by atoms with Gasteiger partial charge in [0.15, 0.2) is 13.0 Å². The SMILES string of the molecule is C[B]c1ncccc1S(=O)(=O)Nc1noc(C)c1Cl. The third-order valence-corrected chi connectivity index (χ3v) is 4.22. The third-order valence-electron chi connectivity index (χ3n) is 2.38. The van der Waals surface area contributed by atoms with Crippen LogP contribution in [0.1, 0.15) is 5.76 Å². The highest BCUT2D eigenvalue weighted by Crippen LogP contribution is 2.26. The van der Waals surface area contributed by atoms with E-state index < -0.39 is 10.0 Å². The quantitative estimate of drug-likeness (QED) is 0.858. The summed E-state index contributed by atoms with van der Waals surface area (Å²) >= 11 is 5.87. The molecule has 0 unspecified atom stereocenters. The predicted molar refractivity (Wildman–Crippen MR) is 72.5 cm³/mol. The van der Waals surface area contributed by atoms with Gasteiger partial charge in [0.1, 0.15) is 5.02 Å². The number of anilines is 1. The van der Waals surface area contributed by atoms with Gasteiger partial charge in [0.2, 0.25) is 5.82 Å². The Morgan fingerprint density at radius 3 is 2.79 bits per heavy atom. The number of nitrogens with one attached hydrogen (secondary N) is 1. The molecular formula is C10H10BClN3O3S. The molecule has 0 atom stereocenters.